The minimum Gasteiger partial charge on any atom is -0.481 e. The molecule has 8 heteroatoms. The maximum absolute atomic E-state index is 12.1. The van der Waals surface area contributed by atoms with E-state index in [1.807, 2.05) is 12.1 Å². The van der Waals surface area contributed by atoms with Crippen molar-refractivity contribution in [2.75, 3.05) is 18.8 Å². The number of carboxylic acids is 1. The van der Waals surface area contributed by atoms with Gasteiger partial charge < -0.3 is 31.5 Å². The molecule has 0 saturated heterocycles. The molecule has 1 saturated carbocycles. The number of aliphatic carboxylic acids is 1. The molecule has 0 bridgehead atoms. The second-order valence-corrected chi connectivity index (χ2v) is 13.5. The third-order valence-corrected chi connectivity index (χ3v) is 10.0. The van der Waals surface area contributed by atoms with E-state index < -0.39 is 23.6 Å². The zero-order chi connectivity index (χ0) is 31.2. The fourth-order valence-electron chi connectivity index (χ4n) is 7.50. The highest BCUT2D eigenvalue weighted by Gasteiger charge is 2.44. The van der Waals surface area contributed by atoms with Gasteiger partial charge in [-0.3, -0.25) is 4.79 Å². The molecule has 0 aromatic carbocycles. The van der Waals surface area contributed by atoms with Crippen LogP contribution in [0.3, 0.4) is 0 Å². The molecule has 1 aromatic heterocycles. The Morgan fingerprint density at radius 3 is 2.56 bits per heavy atom. The molecule has 2 aliphatic rings. The number of nitrogens with one attached hydrogen (secondary N) is 1. The Balaban J connectivity index is 1.43. The molecule has 8 atom stereocenters. The number of hydrogen-bond acceptors (Lipinski definition) is 7. The summed E-state index contributed by atoms with van der Waals surface area (Å²) in [6, 6.07) is 3.86. The van der Waals surface area contributed by atoms with Crippen molar-refractivity contribution in [3.8, 4) is 0 Å². The van der Waals surface area contributed by atoms with E-state index in [-0.39, 0.29) is 30.3 Å². The van der Waals surface area contributed by atoms with Crippen LogP contribution in [-0.4, -0.2) is 62.3 Å². The van der Waals surface area contributed by atoms with Crippen molar-refractivity contribution in [2.45, 2.75) is 128 Å². The number of aliphatic hydroxyl groups is 3. The zero-order valence-corrected chi connectivity index (χ0v) is 26.7. The largest absolute Gasteiger partial charge is 0.481 e. The number of hydrogen-bond donors (Lipinski definition) is 6. The number of nitrogens with zero attached hydrogens (tertiary/aromatic N) is 1. The van der Waals surface area contributed by atoms with Gasteiger partial charge in [0, 0.05) is 12.1 Å². The first-order valence-electron chi connectivity index (χ1n) is 17.0. The van der Waals surface area contributed by atoms with Crippen molar-refractivity contribution >= 4 is 11.8 Å². The molecular formula is C35H59N3O5. The molecule has 2 aliphatic carbocycles. The SMILES string of the molecule is CCCCCC1C=CC(CCCCCC(C(=O)O)C(O)CCC2(O)CC(CNCC)C(Cc3ccnc(N)c3)C2)C(O)C1. The molecule has 0 radical (unpaired) electrons. The van der Waals surface area contributed by atoms with E-state index in [2.05, 4.69) is 36.3 Å². The summed E-state index contributed by atoms with van der Waals surface area (Å²) in [5, 5.41) is 46.4. The molecule has 1 fully saturated rings. The number of nitrogen functional groups attached to an aromatic ring is 1. The van der Waals surface area contributed by atoms with Crippen molar-refractivity contribution in [2.24, 2.45) is 29.6 Å². The molecule has 0 amide bonds. The molecule has 43 heavy (non-hydrogen) atoms. The molecule has 1 aromatic rings. The molecule has 8 unspecified atom stereocenters. The maximum atomic E-state index is 12.1. The highest BCUT2D eigenvalue weighted by molar-refractivity contribution is 5.70. The van der Waals surface area contributed by atoms with Gasteiger partial charge in [0.05, 0.1) is 23.7 Å². The van der Waals surface area contributed by atoms with Crippen LogP contribution < -0.4 is 11.1 Å². The van der Waals surface area contributed by atoms with Gasteiger partial charge in [-0.2, -0.15) is 0 Å². The number of nitrogens with two attached hydrogens (primary N) is 1. The number of aromatic nitrogens is 1. The molecule has 244 valence electrons. The lowest BCUT2D eigenvalue weighted by atomic mass is 9.81. The maximum Gasteiger partial charge on any atom is 0.309 e. The summed E-state index contributed by atoms with van der Waals surface area (Å²) < 4.78 is 0. The first kappa shape index (κ1) is 35.5. The van der Waals surface area contributed by atoms with Gasteiger partial charge in [0.25, 0.3) is 0 Å². The van der Waals surface area contributed by atoms with E-state index in [9.17, 15) is 25.2 Å². The van der Waals surface area contributed by atoms with E-state index in [1.165, 1.54) is 19.3 Å². The number of unbranched alkanes of at least 4 members (excludes halogenated alkanes) is 4. The quantitative estimate of drug-likeness (QED) is 0.0848. The Morgan fingerprint density at radius 2 is 1.86 bits per heavy atom. The van der Waals surface area contributed by atoms with E-state index in [4.69, 9.17) is 5.73 Å². The van der Waals surface area contributed by atoms with Crippen LogP contribution in [0.25, 0.3) is 0 Å². The minimum absolute atomic E-state index is 0.187. The van der Waals surface area contributed by atoms with Gasteiger partial charge >= 0.3 is 5.97 Å². The first-order valence-corrected chi connectivity index (χ1v) is 17.0. The standard InChI is InChI=1S/C35H59N3O5/c1-3-5-7-10-25-13-14-27(32(40)20-25)11-8-6-9-12-30(34(41)42)31(39)15-17-35(43)22-28(29(23-35)24-37-4-2)19-26-16-18-38-33(36)21-26/h13-14,16,18,21,25,27-32,37,39-40,43H,3-12,15,17,19-20,22-24H2,1-2H3,(H2,36,38)(H,41,42). The van der Waals surface area contributed by atoms with Gasteiger partial charge in [0.15, 0.2) is 0 Å². The van der Waals surface area contributed by atoms with E-state index in [0.717, 1.165) is 63.6 Å². The van der Waals surface area contributed by atoms with Crippen LogP contribution in [-0.2, 0) is 11.2 Å². The van der Waals surface area contributed by atoms with Crippen LogP contribution in [0.5, 0.6) is 0 Å². The summed E-state index contributed by atoms with van der Waals surface area (Å²) in [5.74, 6) is -0.0773. The number of carbonyl (C=O) groups is 1. The van der Waals surface area contributed by atoms with Crippen LogP contribution in [0.1, 0.15) is 109 Å². The van der Waals surface area contributed by atoms with Gasteiger partial charge in [-0.25, -0.2) is 4.98 Å². The van der Waals surface area contributed by atoms with E-state index >= 15 is 0 Å². The average molecular weight is 602 g/mol. The predicted octanol–water partition coefficient (Wildman–Crippen LogP) is 5.50. The van der Waals surface area contributed by atoms with Gasteiger partial charge in [0.2, 0.25) is 0 Å². The Morgan fingerprint density at radius 1 is 1.09 bits per heavy atom. The summed E-state index contributed by atoms with van der Waals surface area (Å²) in [6.45, 7) is 5.96. The highest BCUT2D eigenvalue weighted by Crippen LogP contribution is 2.44. The lowest BCUT2D eigenvalue weighted by molar-refractivity contribution is -0.146. The van der Waals surface area contributed by atoms with Gasteiger partial charge in [0.1, 0.15) is 5.82 Å². The molecule has 3 rings (SSSR count). The number of allylic oxidation sites excluding steroid dienone is 1. The Labute approximate surface area is 259 Å². The van der Waals surface area contributed by atoms with Crippen molar-refractivity contribution in [1.82, 2.24) is 10.3 Å². The lowest BCUT2D eigenvalue weighted by Crippen LogP contribution is -2.33. The molecule has 0 spiro atoms. The van der Waals surface area contributed by atoms with Crippen LogP contribution in [0, 0.1) is 29.6 Å². The fourth-order valence-corrected chi connectivity index (χ4v) is 7.50. The molecule has 0 aliphatic heterocycles. The monoisotopic (exact) mass is 601 g/mol. The second-order valence-electron chi connectivity index (χ2n) is 13.5. The van der Waals surface area contributed by atoms with Crippen molar-refractivity contribution in [3.05, 3.63) is 36.0 Å². The third-order valence-electron chi connectivity index (χ3n) is 10.0. The van der Waals surface area contributed by atoms with Gasteiger partial charge in [-0.15, -0.1) is 0 Å². The predicted molar refractivity (Wildman–Crippen MR) is 172 cm³/mol. The smallest absolute Gasteiger partial charge is 0.309 e. The number of anilines is 1. The second kappa shape index (κ2) is 18.1. The number of pyridine rings is 1. The third kappa shape index (κ3) is 11.8. The summed E-state index contributed by atoms with van der Waals surface area (Å²) in [4.78, 5) is 16.1. The Hall–Kier alpha value is -2.00. The van der Waals surface area contributed by atoms with E-state index in [1.54, 1.807) is 6.20 Å². The lowest BCUT2D eigenvalue weighted by Gasteiger charge is -2.28. The Bertz CT molecular complexity index is 990. The van der Waals surface area contributed by atoms with Crippen molar-refractivity contribution in [1.29, 1.82) is 0 Å². The molecular weight excluding hydrogens is 542 g/mol. The average Bonchev–Trinajstić information content (AvgIpc) is 3.28. The number of carboxylic acid groups (broad SMARTS) is 1. The van der Waals surface area contributed by atoms with Gasteiger partial charge in [-0.05, 0) is 106 Å². The number of aliphatic hydroxyl groups excluding tert-OH is 2. The van der Waals surface area contributed by atoms with Crippen molar-refractivity contribution in [3.63, 3.8) is 0 Å². The summed E-state index contributed by atoms with van der Waals surface area (Å²) in [5.41, 5.74) is 6.07. The minimum atomic E-state index is -0.986. The molecule has 8 nitrogen and oxygen atoms in total. The van der Waals surface area contributed by atoms with Crippen LogP contribution in [0.4, 0.5) is 5.82 Å². The summed E-state index contributed by atoms with van der Waals surface area (Å²) in [6.07, 6.45) is 17.2. The van der Waals surface area contributed by atoms with Crippen LogP contribution >= 0.6 is 0 Å². The fraction of sp³-hybridized carbons (Fsp3) is 0.771. The number of rotatable bonds is 20. The van der Waals surface area contributed by atoms with Crippen molar-refractivity contribution < 1.29 is 25.2 Å². The van der Waals surface area contributed by atoms with Crippen LogP contribution in [0.2, 0.25) is 0 Å². The normalized spacial score (nSPS) is 28.6. The Kier molecular flexibility index (Phi) is 14.9. The topological polar surface area (TPSA) is 149 Å². The summed E-state index contributed by atoms with van der Waals surface area (Å²) >= 11 is 0. The van der Waals surface area contributed by atoms with Gasteiger partial charge in [-0.1, -0.05) is 64.5 Å². The molecule has 1 heterocycles. The zero-order valence-electron chi connectivity index (χ0n) is 26.7. The summed E-state index contributed by atoms with van der Waals surface area (Å²) in [7, 11) is 0. The first-order chi connectivity index (χ1) is 20.6. The highest BCUT2D eigenvalue weighted by atomic mass is 16.4. The van der Waals surface area contributed by atoms with E-state index in [0.29, 0.717) is 37.4 Å². The molecule has 7 N–H and O–H groups in total. The van der Waals surface area contributed by atoms with Crippen LogP contribution in [0.15, 0.2) is 30.5 Å².